The molecule has 0 aromatic heterocycles. The highest BCUT2D eigenvalue weighted by atomic mass is 35.5. The molecule has 3 aromatic carbocycles. The molecule has 1 N–H and O–H groups in total. The Morgan fingerprint density at radius 1 is 0.894 bits per heavy atom. The van der Waals surface area contributed by atoms with Gasteiger partial charge in [0.2, 0.25) is 17.6 Å². The molecular weight excluding hydrogens is 650 g/mol. The van der Waals surface area contributed by atoms with Crippen molar-refractivity contribution in [1.82, 2.24) is 4.90 Å². The predicted octanol–water partition coefficient (Wildman–Crippen LogP) is 5.31. The van der Waals surface area contributed by atoms with Gasteiger partial charge in [0, 0.05) is 5.92 Å². The predicted molar refractivity (Wildman–Crippen MR) is 170 cm³/mol. The smallest absolute Gasteiger partial charge is 0.258 e. The number of nitrogens with zero attached hydrogens (tertiary/aromatic N) is 2. The van der Waals surface area contributed by atoms with Crippen LogP contribution < -0.4 is 14.4 Å². The van der Waals surface area contributed by atoms with E-state index in [2.05, 4.69) is 0 Å². The average molecular weight is 680 g/mol. The maximum atomic E-state index is 14.5. The number of likely N-dealkylation sites (tertiary alicyclic amines) is 1. The van der Waals surface area contributed by atoms with Gasteiger partial charge in [-0.05, 0) is 66.3 Å². The molecule has 2 saturated heterocycles. The number of fused-ring (bicyclic) bond motifs is 4. The Morgan fingerprint density at radius 3 is 2.15 bits per heavy atom. The number of anilines is 1. The Balaban J connectivity index is 1.40. The highest BCUT2D eigenvalue weighted by molar-refractivity contribution is 6.58. The van der Waals surface area contributed by atoms with E-state index in [0.717, 1.165) is 22.6 Å². The Hall–Kier alpha value is -4.41. The number of methoxy groups -OCH3 is 2. The number of amides is 4. The highest BCUT2D eigenvalue weighted by Gasteiger charge is 2.76. The fraction of sp³-hybridized carbons (Fsp3) is 0.314. The van der Waals surface area contributed by atoms with Crippen LogP contribution in [0.1, 0.15) is 29.9 Å². The molecule has 0 unspecified atom stereocenters. The van der Waals surface area contributed by atoms with Gasteiger partial charge >= 0.3 is 0 Å². The number of carbonyl (C=O) groups excluding carboxylic acids is 4. The molecule has 0 spiro atoms. The van der Waals surface area contributed by atoms with Crippen LogP contribution in [-0.2, 0) is 25.7 Å². The number of rotatable bonds is 6. The summed E-state index contributed by atoms with van der Waals surface area (Å²) in [5, 5.41) is 10.7. The summed E-state index contributed by atoms with van der Waals surface area (Å²) in [5.41, 5.74) is 1.76. The first-order chi connectivity index (χ1) is 22.5. The van der Waals surface area contributed by atoms with Gasteiger partial charge in [0.25, 0.3) is 11.8 Å². The summed E-state index contributed by atoms with van der Waals surface area (Å²) in [4.78, 5) is 54.7. The number of hydrogen-bond donors (Lipinski definition) is 1. The number of phenols is 1. The minimum atomic E-state index is -2.14. The van der Waals surface area contributed by atoms with Gasteiger partial charge in [-0.2, -0.15) is 0 Å². The van der Waals surface area contributed by atoms with E-state index in [1.807, 2.05) is 36.4 Å². The minimum Gasteiger partial charge on any atom is -0.502 e. The summed E-state index contributed by atoms with van der Waals surface area (Å²) in [5.74, 6) is -6.65. The van der Waals surface area contributed by atoms with E-state index in [9.17, 15) is 28.7 Å². The maximum absolute atomic E-state index is 14.5. The number of aromatic hydroxyl groups is 1. The fourth-order valence-electron chi connectivity index (χ4n) is 7.84. The van der Waals surface area contributed by atoms with E-state index in [0.29, 0.717) is 11.1 Å². The lowest BCUT2D eigenvalue weighted by Gasteiger charge is -2.50. The van der Waals surface area contributed by atoms with Gasteiger partial charge in [-0.1, -0.05) is 42.0 Å². The molecule has 12 heteroatoms. The molecule has 6 atom stereocenters. The molecular formula is C35H29Cl2FN2O7. The summed E-state index contributed by atoms with van der Waals surface area (Å²) in [7, 11) is 2.69. The van der Waals surface area contributed by atoms with Crippen LogP contribution in [0.2, 0.25) is 0 Å². The van der Waals surface area contributed by atoms with Crippen molar-refractivity contribution in [2.45, 2.75) is 35.1 Å². The number of hydrogen-bond acceptors (Lipinski definition) is 7. The van der Waals surface area contributed by atoms with Crippen molar-refractivity contribution in [3.63, 3.8) is 0 Å². The molecule has 3 fully saturated rings. The van der Waals surface area contributed by atoms with E-state index in [4.69, 9.17) is 32.7 Å². The molecule has 2 aliphatic carbocycles. The standard InChI is InChI=1S/C35H29Cl2FN2O7/c1-46-25-14-19(15-26(47-2)29(25)41)28-22-12-13-23-27(31(43)39(30(23)42)17-18-6-4-3-5-7-18)24(22)16-34(36)32(44)40(33(45)35(28,34)37)21-10-8-20(38)9-11-21/h3-12,14-15,23-24,27-28,41H,13,16-17H2,1-2H3/t23-,24+,27-,28-,34+,35-/m0/s1. The Labute approximate surface area is 279 Å². The summed E-state index contributed by atoms with van der Waals surface area (Å²) in [6.45, 7) is 0.0879. The van der Waals surface area contributed by atoms with Crippen LogP contribution in [0.15, 0.2) is 78.4 Å². The van der Waals surface area contributed by atoms with E-state index in [1.54, 1.807) is 0 Å². The van der Waals surface area contributed by atoms with Gasteiger partial charge in [0.05, 0.1) is 38.3 Å². The molecule has 4 amide bonds. The third-order valence-corrected chi connectivity index (χ3v) is 11.4. The first-order valence-corrected chi connectivity index (χ1v) is 15.8. The molecule has 47 heavy (non-hydrogen) atoms. The second-order valence-electron chi connectivity index (χ2n) is 12.3. The van der Waals surface area contributed by atoms with Crippen LogP contribution in [0.4, 0.5) is 10.1 Å². The molecule has 9 nitrogen and oxygen atoms in total. The van der Waals surface area contributed by atoms with Crippen molar-refractivity contribution in [3.05, 3.63) is 95.3 Å². The summed E-state index contributed by atoms with van der Waals surface area (Å²) < 4.78 is 24.7. The quantitative estimate of drug-likeness (QED) is 0.214. The molecule has 3 aromatic rings. The van der Waals surface area contributed by atoms with Crippen LogP contribution in [0.25, 0.3) is 0 Å². The lowest BCUT2D eigenvalue weighted by molar-refractivity contribution is -0.141. The third kappa shape index (κ3) is 4.34. The van der Waals surface area contributed by atoms with Gasteiger partial charge in [0.15, 0.2) is 21.2 Å². The second-order valence-corrected chi connectivity index (χ2v) is 13.5. The molecule has 0 radical (unpaired) electrons. The van der Waals surface area contributed by atoms with E-state index in [1.165, 1.54) is 43.4 Å². The van der Waals surface area contributed by atoms with Gasteiger partial charge in [-0.3, -0.25) is 24.1 Å². The van der Waals surface area contributed by atoms with Crippen LogP contribution in [-0.4, -0.2) is 57.6 Å². The first-order valence-electron chi connectivity index (χ1n) is 15.0. The zero-order valence-electron chi connectivity index (χ0n) is 25.3. The number of carbonyl (C=O) groups is 4. The van der Waals surface area contributed by atoms with Crippen LogP contribution in [0.3, 0.4) is 0 Å². The van der Waals surface area contributed by atoms with Crippen molar-refractivity contribution >= 4 is 52.5 Å². The molecule has 2 aliphatic heterocycles. The Bertz CT molecular complexity index is 1840. The number of alkyl halides is 2. The fourth-order valence-corrected chi connectivity index (χ4v) is 8.78. The van der Waals surface area contributed by atoms with Crippen molar-refractivity contribution in [2.24, 2.45) is 17.8 Å². The summed E-state index contributed by atoms with van der Waals surface area (Å²) in [6.07, 6.45) is 1.80. The lowest BCUT2D eigenvalue weighted by Crippen LogP contribution is -2.60. The van der Waals surface area contributed by atoms with E-state index in [-0.39, 0.29) is 48.2 Å². The van der Waals surface area contributed by atoms with Crippen molar-refractivity contribution in [2.75, 3.05) is 19.1 Å². The first kappa shape index (κ1) is 31.2. The zero-order valence-corrected chi connectivity index (χ0v) is 26.8. The number of ether oxygens (including phenoxy) is 2. The monoisotopic (exact) mass is 678 g/mol. The van der Waals surface area contributed by atoms with Crippen LogP contribution in [0.5, 0.6) is 17.2 Å². The molecule has 2 heterocycles. The van der Waals surface area contributed by atoms with Crippen LogP contribution in [0, 0.1) is 23.6 Å². The Kier molecular flexibility index (Phi) is 7.37. The molecule has 7 rings (SSSR count). The maximum Gasteiger partial charge on any atom is 0.258 e. The minimum absolute atomic E-state index is 0.0181. The van der Waals surface area contributed by atoms with Crippen molar-refractivity contribution in [3.8, 4) is 17.2 Å². The number of imide groups is 2. The number of halogens is 3. The molecule has 242 valence electrons. The number of benzene rings is 3. The van der Waals surface area contributed by atoms with Gasteiger partial charge < -0.3 is 14.6 Å². The lowest BCUT2D eigenvalue weighted by atomic mass is 9.56. The van der Waals surface area contributed by atoms with Gasteiger partial charge in [-0.15, -0.1) is 23.2 Å². The van der Waals surface area contributed by atoms with E-state index >= 15 is 0 Å². The molecule has 1 saturated carbocycles. The van der Waals surface area contributed by atoms with E-state index < -0.39 is 57.0 Å². The number of phenolic OH excluding ortho intramolecular Hbond substituents is 1. The van der Waals surface area contributed by atoms with Gasteiger partial charge in [-0.25, -0.2) is 9.29 Å². The largest absolute Gasteiger partial charge is 0.502 e. The third-order valence-electron chi connectivity index (χ3n) is 10.0. The summed E-state index contributed by atoms with van der Waals surface area (Å²) >= 11 is 14.8. The molecule has 0 bridgehead atoms. The topological polar surface area (TPSA) is 113 Å². The number of allylic oxidation sites excluding steroid dienone is 2. The normalized spacial score (nSPS) is 29.8. The highest BCUT2D eigenvalue weighted by Crippen LogP contribution is 2.66. The summed E-state index contributed by atoms with van der Waals surface area (Å²) in [6, 6.07) is 16.9. The van der Waals surface area contributed by atoms with Crippen LogP contribution >= 0.6 is 23.2 Å². The SMILES string of the molecule is COc1cc([C@H]2C3=CC[C@@H]4C(=O)N(Cc5ccccc5)C(=O)[C@@H]4[C@@H]3C[C@@]3(Cl)C(=O)N(c4ccc(F)cc4)C(=O)[C@@]23Cl)cc(OC)c1O. The Morgan fingerprint density at radius 2 is 1.53 bits per heavy atom. The molecule has 4 aliphatic rings. The average Bonchev–Trinajstić information content (AvgIpc) is 3.39. The van der Waals surface area contributed by atoms with Gasteiger partial charge in [0.1, 0.15) is 5.82 Å². The second kappa shape index (κ2) is 11.1. The van der Waals surface area contributed by atoms with Crippen molar-refractivity contribution in [1.29, 1.82) is 0 Å². The zero-order chi connectivity index (χ0) is 33.4. The van der Waals surface area contributed by atoms with Crippen molar-refractivity contribution < 1.29 is 38.1 Å².